The average molecular weight is 1220 g/mol. The fourth-order valence-corrected chi connectivity index (χ4v) is 8.14. The molecule has 0 saturated heterocycles. The minimum Gasteiger partial charge on any atom is -0.490 e. The number of benzene rings is 2. The Morgan fingerprint density at radius 2 is 1.09 bits per heavy atom. The van der Waals surface area contributed by atoms with Crippen LogP contribution in [0.4, 0.5) is 15.4 Å². The van der Waals surface area contributed by atoms with Gasteiger partial charge in [0.15, 0.2) is 6.10 Å². The van der Waals surface area contributed by atoms with Crippen molar-refractivity contribution in [2.24, 2.45) is 0 Å². The maximum absolute atomic E-state index is 13.7. The van der Waals surface area contributed by atoms with Crippen molar-refractivity contribution in [1.29, 1.82) is 10.5 Å². The van der Waals surface area contributed by atoms with Gasteiger partial charge in [-0.2, -0.15) is 10.5 Å². The average Bonchev–Trinajstić information content (AvgIpc) is 1.64. The number of halogens is 1. The number of nitrogens with zero attached hydrogens (tertiary/aromatic N) is 4. The third-order valence-electron chi connectivity index (χ3n) is 10.7. The predicted octanol–water partition coefficient (Wildman–Crippen LogP) is 7.77. The van der Waals surface area contributed by atoms with Gasteiger partial charge in [-0.1, -0.05) is 35.5 Å². The molecule has 0 unspecified atom stereocenters. The van der Waals surface area contributed by atoms with Crippen molar-refractivity contribution in [2.45, 2.75) is 173 Å². The lowest BCUT2D eigenvalue weighted by atomic mass is 9.97. The van der Waals surface area contributed by atoms with E-state index in [1.807, 2.05) is 6.07 Å². The molecule has 2 aromatic carbocycles. The monoisotopic (exact) mass is 1220 g/mol. The third-order valence-corrected chi connectivity index (χ3v) is 12.0. The van der Waals surface area contributed by atoms with Crippen LogP contribution in [-0.4, -0.2) is 124 Å². The summed E-state index contributed by atoms with van der Waals surface area (Å²) in [7, 11) is 0. The highest BCUT2D eigenvalue weighted by Gasteiger charge is 2.35. The van der Waals surface area contributed by atoms with Gasteiger partial charge < -0.3 is 64.6 Å². The number of nitrogens with one attached hydrogen (secondary N) is 4. The second-order valence-corrected chi connectivity index (χ2v) is 24.5. The summed E-state index contributed by atoms with van der Waals surface area (Å²) in [4.78, 5) is 114. The second-order valence-electron chi connectivity index (χ2n) is 23.1. The highest BCUT2D eigenvalue weighted by atomic mass is 35.5. The van der Waals surface area contributed by atoms with E-state index in [1.54, 1.807) is 107 Å². The fraction of sp³-hybridized carbons (Fsp3) is 0.483. The van der Waals surface area contributed by atoms with Gasteiger partial charge in [0.2, 0.25) is 17.7 Å². The van der Waals surface area contributed by atoms with Gasteiger partial charge in [0.05, 0.1) is 24.1 Å². The number of rotatable bonds is 23. The summed E-state index contributed by atoms with van der Waals surface area (Å²) in [6.45, 7) is 20.4. The van der Waals surface area contributed by atoms with Crippen molar-refractivity contribution < 1.29 is 75.9 Å². The van der Waals surface area contributed by atoms with E-state index in [4.69, 9.17) is 54.9 Å². The maximum Gasteiger partial charge on any atom is 0.408 e. The SMILES string of the molecule is C[C@H](NC(=O)C[C@H](NC(=O)OC(C)(C)C)C(=O)OC(C)(C)C)C(=O)OC[C@H](COc1ccc(-c2c(C#N)c(N)nc(SCc3coc(-c4ccc(Cl)cc4)n3)c2C#N)cc1)OC(=O)[C@H](C)NC(=O)C[C@H](NC(=O)OC(C)(C)C)C(=O)OC(C)(C)C. The molecule has 0 spiro atoms. The van der Waals surface area contributed by atoms with E-state index in [9.17, 15) is 48.9 Å². The summed E-state index contributed by atoms with van der Waals surface area (Å²) in [5, 5.41) is 30.9. The number of esters is 4. The number of hydrogen-bond donors (Lipinski definition) is 5. The molecule has 5 atom stereocenters. The molecule has 0 radical (unpaired) electrons. The number of hydrogen-bond acceptors (Lipinski definition) is 22. The standard InChI is InChI=1S/C58H72ClN9O16S/c1-31(63-43(69)23-41(51(73)81-55(3,4)5)66-53(75)83-57(9,10)11)49(71)79-29-38(80-50(72)32(2)64-44(70)24-42(52(74)82-56(6,7)8)67-54(76)84-58(12,13)14)28-77-37-21-17-33(18-22-37)45-39(25-60)46(62)68-48(40(45)26-61)85-30-36-27-78-47(65-36)34-15-19-35(59)20-16-34/h15-22,27,31-32,38,41-42H,23-24,28-30H2,1-14H3,(H2,62,68)(H,63,69)(H,64,70)(H,66,75)(H,67,76)/t31-,32-,38-,41-,42-/m0/s1. The number of oxazole rings is 1. The number of thioether (sulfide) groups is 1. The molecule has 0 aliphatic heterocycles. The Balaban J connectivity index is 1.56. The lowest BCUT2D eigenvalue weighted by Gasteiger charge is -2.26. The van der Waals surface area contributed by atoms with Gasteiger partial charge in [-0.25, -0.2) is 38.7 Å². The summed E-state index contributed by atoms with van der Waals surface area (Å²) in [5.41, 5.74) is 4.12. The van der Waals surface area contributed by atoms with Crippen LogP contribution in [0.15, 0.2) is 64.2 Å². The first-order valence-corrected chi connectivity index (χ1v) is 27.9. The Morgan fingerprint density at radius 1 is 0.624 bits per heavy atom. The van der Waals surface area contributed by atoms with Gasteiger partial charge in [0, 0.05) is 21.9 Å². The molecule has 0 bridgehead atoms. The van der Waals surface area contributed by atoms with Gasteiger partial charge in [-0.15, -0.1) is 0 Å². The highest BCUT2D eigenvalue weighted by Crippen LogP contribution is 2.37. The van der Waals surface area contributed by atoms with Crippen LogP contribution in [0, 0.1) is 22.7 Å². The van der Waals surface area contributed by atoms with Crippen LogP contribution in [0.2, 0.25) is 5.02 Å². The fourth-order valence-electron chi connectivity index (χ4n) is 7.14. The smallest absolute Gasteiger partial charge is 0.408 e. The van der Waals surface area contributed by atoms with Gasteiger partial charge in [0.25, 0.3) is 0 Å². The molecule has 25 nitrogen and oxygen atoms in total. The summed E-state index contributed by atoms with van der Waals surface area (Å²) in [6.07, 6.45) is -3.37. The van der Waals surface area contributed by atoms with Gasteiger partial charge in [-0.05, 0) is 139 Å². The number of carbonyl (C=O) groups excluding carboxylic acids is 8. The van der Waals surface area contributed by atoms with Gasteiger partial charge in [-0.3, -0.25) is 9.59 Å². The van der Waals surface area contributed by atoms with Crippen molar-refractivity contribution in [3.63, 3.8) is 0 Å². The first kappa shape index (κ1) is 68.9. The molecule has 4 rings (SSSR count). The number of alkyl carbamates (subject to hydrolysis) is 2. The second kappa shape index (κ2) is 29.8. The maximum atomic E-state index is 13.7. The number of aromatic nitrogens is 2. The zero-order chi connectivity index (χ0) is 63.8. The van der Waals surface area contributed by atoms with Crippen LogP contribution in [0.3, 0.4) is 0 Å². The van der Waals surface area contributed by atoms with Crippen molar-refractivity contribution >= 4 is 77.1 Å². The van der Waals surface area contributed by atoms with Gasteiger partial charge in [0.1, 0.15) is 100 Å². The molecule has 4 amide bonds. The van der Waals surface area contributed by atoms with Crippen LogP contribution < -0.4 is 31.7 Å². The van der Waals surface area contributed by atoms with Crippen molar-refractivity contribution in [3.05, 3.63) is 76.6 Å². The molecular formula is C58H72ClN9O16S. The highest BCUT2D eigenvalue weighted by molar-refractivity contribution is 7.98. The van der Waals surface area contributed by atoms with E-state index in [0.29, 0.717) is 27.7 Å². The normalized spacial score (nSPS) is 13.3. The van der Waals surface area contributed by atoms with Crippen LogP contribution >= 0.6 is 23.4 Å². The molecule has 2 heterocycles. The molecule has 0 saturated carbocycles. The minimum absolute atomic E-state index is 0.0475. The van der Waals surface area contributed by atoms with E-state index in [2.05, 4.69) is 37.3 Å². The van der Waals surface area contributed by atoms with E-state index in [-0.39, 0.29) is 39.0 Å². The van der Waals surface area contributed by atoms with Crippen molar-refractivity contribution in [3.8, 4) is 40.5 Å². The summed E-state index contributed by atoms with van der Waals surface area (Å²) < 4.78 is 44.2. The lowest BCUT2D eigenvalue weighted by Crippen LogP contribution is -2.50. The molecule has 0 fully saturated rings. The number of nitrogen functional groups attached to an aromatic ring is 1. The number of nitriles is 2. The molecule has 0 aliphatic rings. The largest absolute Gasteiger partial charge is 0.490 e. The number of carbonyl (C=O) groups is 8. The Labute approximate surface area is 502 Å². The summed E-state index contributed by atoms with van der Waals surface area (Å²) in [5.74, 6) is -5.23. The molecule has 0 aliphatic carbocycles. The third kappa shape index (κ3) is 23.5. The van der Waals surface area contributed by atoms with E-state index in [0.717, 1.165) is 11.8 Å². The van der Waals surface area contributed by atoms with Crippen LogP contribution in [0.25, 0.3) is 22.6 Å². The first-order chi connectivity index (χ1) is 39.4. The number of ether oxygens (including phenoxy) is 7. The van der Waals surface area contributed by atoms with Gasteiger partial charge >= 0.3 is 36.1 Å². The summed E-state index contributed by atoms with van der Waals surface area (Å²) >= 11 is 7.17. The van der Waals surface area contributed by atoms with Crippen molar-refractivity contribution in [2.75, 3.05) is 18.9 Å². The quantitative estimate of drug-likeness (QED) is 0.0269. The zero-order valence-corrected chi connectivity index (χ0v) is 51.4. The molecular weight excluding hydrogens is 1150 g/mol. The lowest BCUT2D eigenvalue weighted by molar-refractivity contribution is -0.164. The Kier molecular flexibility index (Phi) is 24.1. The molecule has 2 aromatic heterocycles. The Morgan fingerprint density at radius 3 is 1.56 bits per heavy atom. The van der Waals surface area contributed by atoms with Crippen molar-refractivity contribution in [1.82, 2.24) is 31.2 Å². The van der Waals surface area contributed by atoms with Crippen LogP contribution in [-0.2, 0) is 62.9 Å². The number of amides is 4. The molecule has 85 heavy (non-hydrogen) atoms. The Hall–Kier alpha value is -8.62. The molecule has 27 heteroatoms. The minimum atomic E-state index is -1.55. The molecule has 6 N–H and O–H groups in total. The Bertz CT molecular complexity index is 3150. The molecule has 4 aromatic rings. The van der Waals surface area contributed by atoms with Crippen LogP contribution in [0.5, 0.6) is 5.75 Å². The number of pyridine rings is 1. The number of nitrogens with two attached hydrogens (primary N) is 1. The zero-order valence-electron chi connectivity index (χ0n) is 49.8. The van der Waals surface area contributed by atoms with E-state index < -0.39 is 127 Å². The summed E-state index contributed by atoms with van der Waals surface area (Å²) in [6, 6.07) is 11.2. The first-order valence-electron chi connectivity index (χ1n) is 26.5. The topological polar surface area (TPSA) is 362 Å². The number of anilines is 1. The van der Waals surface area contributed by atoms with E-state index >= 15 is 0 Å². The van der Waals surface area contributed by atoms with Crippen LogP contribution in [0.1, 0.15) is 127 Å². The predicted molar refractivity (Wildman–Crippen MR) is 309 cm³/mol. The van der Waals surface area contributed by atoms with E-state index in [1.165, 1.54) is 44.4 Å². The molecule has 458 valence electrons.